The summed E-state index contributed by atoms with van der Waals surface area (Å²) in [7, 11) is 0. The van der Waals surface area contributed by atoms with Crippen LogP contribution in [0.5, 0.6) is 0 Å². The number of hydrogen-bond donors (Lipinski definition) is 2. The maximum atomic E-state index is 12.9. The molecule has 0 radical (unpaired) electrons. The Balaban J connectivity index is 1.44. The molecule has 2 aliphatic rings. The molecular weight excluding hydrogens is 342 g/mol. The minimum atomic E-state index is -0.636. The predicted octanol–water partition coefficient (Wildman–Crippen LogP) is 1.93. The van der Waals surface area contributed by atoms with E-state index in [0.29, 0.717) is 38.0 Å². The molecule has 140 valence electrons. The van der Waals surface area contributed by atoms with Gasteiger partial charge in [0.05, 0.1) is 17.6 Å². The van der Waals surface area contributed by atoms with Gasteiger partial charge in [-0.25, -0.2) is 0 Å². The van der Waals surface area contributed by atoms with Gasteiger partial charge < -0.3 is 15.3 Å². The van der Waals surface area contributed by atoms with E-state index < -0.39 is 11.5 Å². The lowest BCUT2D eigenvalue weighted by Gasteiger charge is -2.46. The second-order valence-electron chi connectivity index (χ2n) is 7.42. The number of rotatable bonds is 2. The summed E-state index contributed by atoms with van der Waals surface area (Å²) >= 11 is 0. The van der Waals surface area contributed by atoms with Crippen LogP contribution < -0.4 is 5.32 Å². The largest absolute Gasteiger partial charge is 0.391 e. The Kier molecular flexibility index (Phi) is 4.66. The van der Waals surface area contributed by atoms with E-state index in [4.69, 9.17) is 0 Å². The standard InChI is InChI=1S/C21H23N3O3/c25-17-14-21(20(27)23-18(17)15-6-2-1-3-7-15)9-12-24(13-10-21)19(26)16-8-4-5-11-22-16/h1-8,11,17-18,25H,9-10,12-14H2,(H,23,27)/t17-,18+/m1/s1. The Morgan fingerprint density at radius 2 is 1.81 bits per heavy atom. The lowest BCUT2D eigenvalue weighted by molar-refractivity contribution is -0.143. The van der Waals surface area contributed by atoms with Crippen molar-refractivity contribution >= 4 is 11.8 Å². The Morgan fingerprint density at radius 3 is 2.48 bits per heavy atom. The molecule has 1 aromatic carbocycles. The monoisotopic (exact) mass is 365 g/mol. The van der Waals surface area contributed by atoms with Crippen molar-refractivity contribution in [3.05, 3.63) is 66.0 Å². The molecule has 0 aliphatic carbocycles. The summed E-state index contributed by atoms with van der Waals surface area (Å²) in [5.74, 6) is -0.129. The number of likely N-dealkylation sites (tertiary alicyclic amines) is 1. The van der Waals surface area contributed by atoms with Crippen LogP contribution in [0.15, 0.2) is 54.7 Å². The number of pyridine rings is 1. The minimum Gasteiger partial charge on any atom is -0.391 e. The van der Waals surface area contributed by atoms with Crippen LogP contribution in [0.3, 0.4) is 0 Å². The van der Waals surface area contributed by atoms with E-state index in [-0.39, 0.29) is 17.9 Å². The van der Waals surface area contributed by atoms with Gasteiger partial charge in [0.2, 0.25) is 5.91 Å². The lowest BCUT2D eigenvalue weighted by atomic mass is 9.69. The van der Waals surface area contributed by atoms with Crippen molar-refractivity contribution in [1.82, 2.24) is 15.2 Å². The van der Waals surface area contributed by atoms with E-state index in [1.54, 1.807) is 29.3 Å². The van der Waals surface area contributed by atoms with Crippen LogP contribution in [0.1, 0.15) is 41.4 Å². The molecule has 2 aromatic rings. The third-order valence-corrected chi connectivity index (χ3v) is 5.80. The smallest absolute Gasteiger partial charge is 0.272 e. The average Bonchev–Trinajstić information content (AvgIpc) is 2.72. The lowest BCUT2D eigenvalue weighted by Crippen LogP contribution is -2.57. The summed E-state index contributed by atoms with van der Waals surface area (Å²) < 4.78 is 0. The molecule has 6 heteroatoms. The van der Waals surface area contributed by atoms with Crippen molar-refractivity contribution in [2.75, 3.05) is 13.1 Å². The number of benzene rings is 1. The number of amides is 2. The molecule has 2 aliphatic heterocycles. The van der Waals surface area contributed by atoms with Gasteiger partial charge in [-0.3, -0.25) is 14.6 Å². The van der Waals surface area contributed by atoms with E-state index in [1.807, 2.05) is 30.3 Å². The molecular formula is C21H23N3O3. The predicted molar refractivity (Wildman–Crippen MR) is 99.8 cm³/mol. The van der Waals surface area contributed by atoms with Crippen molar-refractivity contribution in [3.63, 3.8) is 0 Å². The van der Waals surface area contributed by atoms with Crippen molar-refractivity contribution in [2.45, 2.75) is 31.4 Å². The highest BCUT2D eigenvalue weighted by Gasteiger charge is 2.49. The van der Waals surface area contributed by atoms with Crippen molar-refractivity contribution < 1.29 is 14.7 Å². The van der Waals surface area contributed by atoms with Gasteiger partial charge in [0.25, 0.3) is 5.91 Å². The number of aromatic nitrogens is 1. The Hall–Kier alpha value is -2.73. The number of piperidine rings is 2. The van der Waals surface area contributed by atoms with Crippen molar-refractivity contribution in [2.24, 2.45) is 5.41 Å². The molecule has 3 heterocycles. The number of nitrogens with one attached hydrogen (secondary N) is 1. The van der Waals surface area contributed by atoms with Gasteiger partial charge >= 0.3 is 0 Å². The van der Waals surface area contributed by atoms with Crippen LogP contribution in [0.25, 0.3) is 0 Å². The van der Waals surface area contributed by atoms with Gasteiger partial charge in [-0.15, -0.1) is 0 Å². The van der Waals surface area contributed by atoms with E-state index >= 15 is 0 Å². The van der Waals surface area contributed by atoms with Crippen LogP contribution in [-0.2, 0) is 4.79 Å². The third kappa shape index (κ3) is 3.32. The molecule has 6 nitrogen and oxygen atoms in total. The highest BCUT2D eigenvalue weighted by molar-refractivity contribution is 5.92. The Bertz CT molecular complexity index is 817. The quantitative estimate of drug-likeness (QED) is 0.852. The minimum absolute atomic E-state index is 0.0217. The fourth-order valence-electron chi connectivity index (χ4n) is 4.19. The van der Waals surface area contributed by atoms with E-state index in [0.717, 1.165) is 5.56 Å². The van der Waals surface area contributed by atoms with Gasteiger partial charge in [0.1, 0.15) is 5.69 Å². The Morgan fingerprint density at radius 1 is 1.11 bits per heavy atom. The maximum Gasteiger partial charge on any atom is 0.272 e. The Labute approximate surface area is 158 Å². The van der Waals surface area contributed by atoms with Crippen LogP contribution in [0.2, 0.25) is 0 Å². The topological polar surface area (TPSA) is 82.5 Å². The highest BCUT2D eigenvalue weighted by Crippen LogP contribution is 2.42. The molecule has 4 rings (SSSR count). The summed E-state index contributed by atoms with van der Waals surface area (Å²) in [5.41, 5.74) is 0.729. The van der Waals surface area contributed by atoms with Gasteiger partial charge in [-0.05, 0) is 37.0 Å². The van der Waals surface area contributed by atoms with E-state index in [2.05, 4.69) is 10.3 Å². The number of aliphatic hydroxyl groups excluding tert-OH is 1. The number of carbonyl (C=O) groups is 2. The van der Waals surface area contributed by atoms with Crippen molar-refractivity contribution in [1.29, 1.82) is 0 Å². The summed E-state index contributed by atoms with van der Waals surface area (Å²) in [6, 6.07) is 14.4. The summed E-state index contributed by atoms with van der Waals surface area (Å²) in [6.07, 6.45) is 2.49. The van der Waals surface area contributed by atoms with Gasteiger partial charge in [-0.1, -0.05) is 36.4 Å². The third-order valence-electron chi connectivity index (χ3n) is 5.80. The molecule has 0 unspecified atom stereocenters. The van der Waals surface area contributed by atoms with Crippen molar-refractivity contribution in [3.8, 4) is 0 Å². The first-order valence-electron chi connectivity index (χ1n) is 9.33. The fraction of sp³-hybridized carbons (Fsp3) is 0.381. The SMILES string of the molecule is O=C(c1ccccn1)N1CCC2(CC1)C[C@@H](O)[C@H](c1ccccc1)NC2=O. The van der Waals surface area contributed by atoms with Crippen LogP contribution in [-0.4, -0.2) is 46.0 Å². The number of aliphatic hydroxyl groups is 1. The summed E-state index contributed by atoms with van der Waals surface area (Å²) in [4.78, 5) is 31.3. The van der Waals surface area contributed by atoms with Gasteiger partial charge in [-0.2, -0.15) is 0 Å². The molecule has 2 fully saturated rings. The molecule has 2 atom stereocenters. The van der Waals surface area contributed by atoms with E-state index in [9.17, 15) is 14.7 Å². The van der Waals surface area contributed by atoms with Crippen LogP contribution in [0, 0.1) is 5.41 Å². The average molecular weight is 365 g/mol. The zero-order valence-electron chi connectivity index (χ0n) is 15.0. The first-order chi connectivity index (χ1) is 13.1. The van der Waals surface area contributed by atoms with Crippen LogP contribution >= 0.6 is 0 Å². The van der Waals surface area contributed by atoms with E-state index in [1.165, 1.54) is 0 Å². The maximum absolute atomic E-state index is 12.9. The first kappa shape index (κ1) is 17.7. The first-order valence-corrected chi connectivity index (χ1v) is 9.33. The second kappa shape index (κ2) is 7.12. The molecule has 2 saturated heterocycles. The summed E-state index contributed by atoms with van der Waals surface area (Å²) in [6.45, 7) is 0.983. The zero-order valence-corrected chi connectivity index (χ0v) is 15.0. The molecule has 0 saturated carbocycles. The summed E-state index contributed by atoms with van der Waals surface area (Å²) in [5, 5.41) is 13.7. The number of nitrogens with zero attached hydrogens (tertiary/aromatic N) is 2. The zero-order chi connectivity index (χ0) is 18.9. The number of hydrogen-bond acceptors (Lipinski definition) is 4. The molecule has 1 aromatic heterocycles. The molecule has 1 spiro atoms. The molecule has 0 bridgehead atoms. The normalized spacial score (nSPS) is 24.5. The fourth-order valence-corrected chi connectivity index (χ4v) is 4.19. The molecule has 27 heavy (non-hydrogen) atoms. The molecule has 2 N–H and O–H groups in total. The van der Waals surface area contributed by atoms with Gasteiger partial charge in [0, 0.05) is 19.3 Å². The highest BCUT2D eigenvalue weighted by atomic mass is 16.3. The number of carbonyl (C=O) groups excluding carboxylic acids is 2. The second-order valence-corrected chi connectivity index (χ2v) is 7.42. The van der Waals surface area contributed by atoms with Gasteiger partial charge in [0.15, 0.2) is 0 Å². The van der Waals surface area contributed by atoms with Crippen LogP contribution in [0.4, 0.5) is 0 Å². The molecule has 2 amide bonds.